The average Bonchev–Trinajstić information content (AvgIpc) is 3.50. The molecule has 2 aromatic carbocycles. The van der Waals surface area contributed by atoms with Crippen LogP contribution in [0.1, 0.15) is 37.6 Å². The molecule has 9 heteroatoms. The zero-order valence-electron chi connectivity index (χ0n) is 21.6. The van der Waals surface area contributed by atoms with E-state index < -0.39 is 6.10 Å². The van der Waals surface area contributed by atoms with Gasteiger partial charge in [-0.25, -0.2) is 14.8 Å². The fourth-order valence-electron chi connectivity index (χ4n) is 4.64. The van der Waals surface area contributed by atoms with Crippen molar-refractivity contribution < 1.29 is 9.84 Å². The smallest absolute Gasteiger partial charge is 0.323 e. The van der Waals surface area contributed by atoms with Gasteiger partial charge in [0.2, 0.25) is 0 Å². The summed E-state index contributed by atoms with van der Waals surface area (Å²) in [5.41, 5.74) is 5.09. The van der Waals surface area contributed by atoms with Gasteiger partial charge in [0.1, 0.15) is 35.3 Å². The Balaban J connectivity index is 1.13. The maximum Gasteiger partial charge on any atom is 0.323 e. The number of nitrogens with one attached hydrogen (secondary N) is 3. The van der Waals surface area contributed by atoms with Crippen molar-refractivity contribution in [2.45, 2.75) is 45.1 Å². The number of aromatic nitrogens is 5. The summed E-state index contributed by atoms with van der Waals surface area (Å²) in [7, 11) is 0. The fraction of sp³-hybridized carbons (Fsp3) is 0.345. The van der Waals surface area contributed by atoms with Crippen molar-refractivity contribution in [1.29, 1.82) is 0 Å². The number of hydrogen-bond acceptors (Lipinski definition) is 6. The standard InChI is InChI=1S/C29H34N6O3/c1-2-3-4-10-26-32-24-8-6-16-31-28(24)35(26)21-13-11-20(12-14-21)15-17-30-18-22(36)19-38-25-9-5-7-23-27(25)34-29(37)33-23/h5-9,11-14,16,22,30,36H,2-4,10,15,17-19H2,1H3,(H2,33,34,37)/t22-/m1/s1. The second-order valence-corrected chi connectivity index (χ2v) is 9.51. The van der Waals surface area contributed by atoms with Crippen LogP contribution in [0, 0.1) is 0 Å². The van der Waals surface area contributed by atoms with Crippen LogP contribution in [0.3, 0.4) is 0 Å². The minimum Gasteiger partial charge on any atom is -0.489 e. The summed E-state index contributed by atoms with van der Waals surface area (Å²) >= 11 is 0. The van der Waals surface area contributed by atoms with E-state index in [1.165, 1.54) is 18.4 Å². The third-order valence-corrected chi connectivity index (χ3v) is 6.60. The lowest BCUT2D eigenvalue weighted by molar-refractivity contribution is 0.107. The monoisotopic (exact) mass is 514 g/mol. The van der Waals surface area contributed by atoms with Crippen LogP contribution < -0.4 is 15.7 Å². The van der Waals surface area contributed by atoms with Gasteiger partial charge in [0, 0.05) is 24.8 Å². The molecular formula is C29H34N6O3. The van der Waals surface area contributed by atoms with Crippen LogP contribution >= 0.6 is 0 Å². The number of rotatable bonds is 13. The van der Waals surface area contributed by atoms with Gasteiger partial charge in [0.25, 0.3) is 0 Å². The van der Waals surface area contributed by atoms with Gasteiger partial charge < -0.3 is 25.1 Å². The molecule has 4 N–H and O–H groups in total. The molecule has 5 aromatic rings. The van der Waals surface area contributed by atoms with Crippen molar-refractivity contribution in [2.75, 3.05) is 19.7 Å². The minimum atomic E-state index is -0.675. The number of nitrogens with zero attached hydrogens (tertiary/aromatic N) is 3. The van der Waals surface area contributed by atoms with E-state index in [1.54, 1.807) is 18.2 Å². The lowest BCUT2D eigenvalue weighted by atomic mass is 10.1. The first-order valence-corrected chi connectivity index (χ1v) is 13.3. The highest BCUT2D eigenvalue weighted by atomic mass is 16.5. The van der Waals surface area contributed by atoms with Crippen LogP contribution in [0.5, 0.6) is 5.75 Å². The number of unbranched alkanes of at least 4 members (excludes halogenated alkanes) is 2. The first-order chi connectivity index (χ1) is 18.6. The molecule has 198 valence electrons. The highest BCUT2D eigenvalue weighted by molar-refractivity contribution is 5.81. The normalized spacial score (nSPS) is 12.4. The predicted molar refractivity (Wildman–Crippen MR) is 149 cm³/mol. The van der Waals surface area contributed by atoms with Crippen molar-refractivity contribution >= 4 is 22.2 Å². The van der Waals surface area contributed by atoms with Gasteiger partial charge >= 0.3 is 5.69 Å². The molecule has 0 aliphatic carbocycles. The number of aliphatic hydroxyl groups excluding tert-OH is 1. The lowest BCUT2D eigenvalue weighted by Crippen LogP contribution is -2.32. The van der Waals surface area contributed by atoms with E-state index >= 15 is 0 Å². The van der Waals surface area contributed by atoms with Crippen molar-refractivity contribution in [3.63, 3.8) is 0 Å². The maximum atomic E-state index is 11.5. The van der Waals surface area contributed by atoms with Gasteiger partial charge in [-0.1, -0.05) is 38.0 Å². The Morgan fingerprint density at radius 1 is 1.05 bits per heavy atom. The molecule has 0 radical (unpaired) electrons. The van der Waals surface area contributed by atoms with Gasteiger partial charge in [-0.2, -0.15) is 0 Å². The first kappa shape index (κ1) is 25.7. The van der Waals surface area contributed by atoms with Crippen molar-refractivity contribution in [3.05, 3.63) is 82.7 Å². The SMILES string of the molecule is CCCCCc1nc2cccnc2n1-c1ccc(CCNC[C@@H](O)COc2cccc3[nH]c(=O)[nH]c23)cc1. The van der Waals surface area contributed by atoms with E-state index in [-0.39, 0.29) is 12.3 Å². The second kappa shape index (κ2) is 12.1. The number of aliphatic hydroxyl groups is 1. The molecule has 0 spiro atoms. The third kappa shape index (κ3) is 5.95. The average molecular weight is 515 g/mol. The van der Waals surface area contributed by atoms with E-state index in [2.05, 4.69) is 56.0 Å². The molecule has 3 heterocycles. The molecule has 5 rings (SSSR count). The third-order valence-electron chi connectivity index (χ3n) is 6.60. The van der Waals surface area contributed by atoms with Crippen molar-refractivity contribution in [2.24, 2.45) is 0 Å². The highest BCUT2D eigenvalue weighted by Crippen LogP contribution is 2.22. The molecule has 0 aliphatic rings. The quantitative estimate of drug-likeness (QED) is 0.177. The Labute approximate surface area is 220 Å². The predicted octanol–water partition coefficient (Wildman–Crippen LogP) is 3.89. The molecule has 0 fully saturated rings. The van der Waals surface area contributed by atoms with Crippen molar-refractivity contribution in [1.82, 2.24) is 29.8 Å². The number of aromatic amines is 2. The van der Waals surface area contributed by atoms with Crippen molar-refractivity contribution in [3.8, 4) is 11.4 Å². The van der Waals surface area contributed by atoms with E-state index in [1.807, 2.05) is 18.3 Å². The summed E-state index contributed by atoms with van der Waals surface area (Å²) in [5, 5.41) is 13.6. The molecule has 0 amide bonds. The summed E-state index contributed by atoms with van der Waals surface area (Å²) in [6.45, 7) is 3.48. The minimum absolute atomic E-state index is 0.126. The first-order valence-electron chi connectivity index (χ1n) is 13.3. The highest BCUT2D eigenvalue weighted by Gasteiger charge is 2.13. The Hall–Kier alpha value is -3.95. The molecule has 0 unspecified atom stereocenters. The lowest BCUT2D eigenvalue weighted by Gasteiger charge is -2.14. The number of para-hydroxylation sites is 1. The van der Waals surface area contributed by atoms with Crippen LogP contribution in [-0.2, 0) is 12.8 Å². The Morgan fingerprint density at radius 3 is 2.76 bits per heavy atom. The summed E-state index contributed by atoms with van der Waals surface area (Å²) in [6, 6.07) is 17.8. The summed E-state index contributed by atoms with van der Waals surface area (Å²) in [6.07, 6.45) is 6.39. The van der Waals surface area contributed by atoms with Gasteiger partial charge in [0.05, 0.1) is 5.52 Å². The number of H-pyrrole nitrogens is 2. The number of ether oxygens (including phenoxy) is 1. The molecule has 9 nitrogen and oxygen atoms in total. The van der Waals surface area contributed by atoms with Gasteiger partial charge in [-0.3, -0.25) is 4.57 Å². The Kier molecular flexibility index (Phi) is 8.15. The number of benzene rings is 2. The van der Waals surface area contributed by atoms with Gasteiger partial charge in [0.15, 0.2) is 5.65 Å². The van der Waals surface area contributed by atoms with Crippen LogP contribution in [0.2, 0.25) is 0 Å². The molecule has 3 aromatic heterocycles. The van der Waals surface area contributed by atoms with Crippen LogP contribution in [-0.4, -0.2) is 55.4 Å². The zero-order chi connectivity index (χ0) is 26.3. The number of hydrogen-bond donors (Lipinski definition) is 4. The van der Waals surface area contributed by atoms with Crippen LogP contribution in [0.25, 0.3) is 27.9 Å². The fourth-order valence-corrected chi connectivity index (χ4v) is 4.64. The molecular weight excluding hydrogens is 480 g/mol. The Bertz CT molecular complexity index is 1540. The topological polar surface area (TPSA) is 121 Å². The van der Waals surface area contributed by atoms with E-state index in [0.29, 0.717) is 23.3 Å². The molecule has 1 atom stereocenters. The second-order valence-electron chi connectivity index (χ2n) is 9.51. The molecule has 0 aliphatic heterocycles. The number of aryl methyl sites for hydroxylation is 1. The maximum absolute atomic E-state index is 11.5. The largest absolute Gasteiger partial charge is 0.489 e. The van der Waals surface area contributed by atoms with Crippen LogP contribution in [0.4, 0.5) is 0 Å². The van der Waals surface area contributed by atoms with Crippen LogP contribution in [0.15, 0.2) is 65.6 Å². The molecule has 0 bridgehead atoms. The number of fused-ring (bicyclic) bond motifs is 2. The summed E-state index contributed by atoms with van der Waals surface area (Å²) < 4.78 is 7.91. The summed E-state index contributed by atoms with van der Waals surface area (Å²) in [4.78, 5) is 26.4. The molecule has 0 saturated heterocycles. The number of pyridine rings is 1. The molecule has 38 heavy (non-hydrogen) atoms. The zero-order valence-corrected chi connectivity index (χ0v) is 21.6. The van der Waals surface area contributed by atoms with Gasteiger partial charge in [-0.05, 0) is 61.3 Å². The van der Waals surface area contributed by atoms with E-state index in [9.17, 15) is 9.90 Å². The summed E-state index contributed by atoms with van der Waals surface area (Å²) in [5.74, 6) is 1.59. The molecule has 0 saturated carbocycles. The van der Waals surface area contributed by atoms with E-state index in [4.69, 9.17) is 9.72 Å². The van der Waals surface area contributed by atoms with E-state index in [0.717, 1.165) is 48.5 Å². The van der Waals surface area contributed by atoms with Gasteiger partial charge in [-0.15, -0.1) is 0 Å². The Morgan fingerprint density at radius 2 is 1.92 bits per heavy atom. The number of imidazole rings is 2.